The van der Waals surface area contributed by atoms with Crippen LogP contribution >= 0.6 is 0 Å². The number of fused-ring (bicyclic) bond motifs is 1. The van der Waals surface area contributed by atoms with Gasteiger partial charge in [0.15, 0.2) is 0 Å². The Kier molecular flexibility index (Phi) is 6.39. The molecule has 7 nitrogen and oxygen atoms in total. The second-order valence-electron chi connectivity index (χ2n) is 8.24. The molecule has 2 aromatic carbocycles. The maximum atomic E-state index is 11.3. The lowest BCUT2D eigenvalue weighted by atomic mass is 9.93. The van der Waals surface area contributed by atoms with E-state index in [4.69, 9.17) is 9.47 Å². The first-order valence-corrected chi connectivity index (χ1v) is 11.0. The number of aromatic amines is 1. The minimum absolute atomic E-state index is 0.0492. The van der Waals surface area contributed by atoms with Crippen LogP contribution in [0.3, 0.4) is 0 Å². The van der Waals surface area contributed by atoms with Crippen LogP contribution in [0.4, 0.5) is 5.69 Å². The van der Waals surface area contributed by atoms with Crippen molar-refractivity contribution >= 4 is 22.6 Å². The van der Waals surface area contributed by atoms with Gasteiger partial charge in [-0.1, -0.05) is 12.1 Å². The van der Waals surface area contributed by atoms with E-state index >= 15 is 0 Å². The van der Waals surface area contributed by atoms with E-state index in [2.05, 4.69) is 41.1 Å². The van der Waals surface area contributed by atoms with E-state index in [1.165, 1.54) is 0 Å². The number of rotatable bonds is 7. The van der Waals surface area contributed by atoms with Crippen LogP contribution in [0.25, 0.3) is 10.9 Å². The van der Waals surface area contributed by atoms with E-state index in [0.717, 1.165) is 52.9 Å². The smallest absolute Gasteiger partial charge is 0.335 e. The predicted octanol–water partition coefficient (Wildman–Crippen LogP) is 4.78. The second-order valence-corrected chi connectivity index (χ2v) is 8.24. The number of hydrogen-bond acceptors (Lipinski definition) is 5. The van der Waals surface area contributed by atoms with Crippen molar-refractivity contribution in [2.75, 3.05) is 32.3 Å². The summed E-state index contributed by atoms with van der Waals surface area (Å²) in [5, 5.41) is 14.9. The van der Waals surface area contributed by atoms with Crippen molar-refractivity contribution in [1.29, 1.82) is 0 Å². The van der Waals surface area contributed by atoms with E-state index < -0.39 is 5.97 Å². The predicted molar refractivity (Wildman–Crippen MR) is 125 cm³/mol. The molecule has 3 aromatic rings. The van der Waals surface area contributed by atoms with Crippen molar-refractivity contribution in [3.05, 3.63) is 59.3 Å². The Bertz CT molecular complexity index is 1090. The number of carboxylic acids is 1. The van der Waals surface area contributed by atoms with Crippen molar-refractivity contribution in [3.8, 4) is 5.75 Å². The third-order valence-electron chi connectivity index (χ3n) is 6.38. The molecular weight excluding hydrogens is 406 g/mol. The minimum Gasteiger partial charge on any atom is -0.494 e. The molecule has 2 atom stereocenters. The Labute approximate surface area is 188 Å². The van der Waals surface area contributed by atoms with Crippen molar-refractivity contribution in [2.24, 2.45) is 0 Å². The number of nitrogens with one attached hydrogen (secondary N) is 1. The lowest BCUT2D eigenvalue weighted by Gasteiger charge is -2.45. The number of anilines is 1. The number of aryl methyl sites for hydroxylation is 1. The molecule has 1 aromatic heterocycles. The zero-order chi connectivity index (χ0) is 22.8. The summed E-state index contributed by atoms with van der Waals surface area (Å²) < 4.78 is 11.8. The highest BCUT2D eigenvalue weighted by molar-refractivity contribution is 5.97. The zero-order valence-electron chi connectivity index (χ0n) is 19.1. The van der Waals surface area contributed by atoms with Gasteiger partial charge in [-0.3, -0.25) is 0 Å². The second kappa shape index (κ2) is 9.22. The van der Waals surface area contributed by atoms with Gasteiger partial charge in [-0.25, -0.2) is 9.80 Å². The molecule has 170 valence electrons. The molecule has 0 bridgehead atoms. The summed E-state index contributed by atoms with van der Waals surface area (Å²) in [6.45, 7) is 5.59. The lowest BCUT2D eigenvalue weighted by molar-refractivity contribution is -0.0133. The van der Waals surface area contributed by atoms with Crippen LogP contribution in [0.15, 0.2) is 42.6 Å². The third kappa shape index (κ3) is 4.06. The molecule has 0 saturated carbocycles. The van der Waals surface area contributed by atoms with Crippen LogP contribution in [-0.2, 0) is 4.74 Å². The topological polar surface area (TPSA) is 78.0 Å². The van der Waals surface area contributed by atoms with Gasteiger partial charge in [-0.05, 0) is 62.1 Å². The first-order chi connectivity index (χ1) is 15.4. The number of hydrogen-bond donors (Lipinski definition) is 2. The molecule has 0 radical (unpaired) electrons. The molecule has 0 amide bonds. The lowest BCUT2D eigenvalue weighted by Crippen LogP contribution is -2.48. The maximum absolute atomic E-state index is 11.3. The molecular formula is C25H31N3O4. The number of ether oxygens (including phenoxy) is 2. The Morgan fingerprint density at radius 3 is 2.69 bits per heavy atom. The van der Waals surface area contributed by atoms with Gasteiger partial charge in [0.2, 0.25) is 0 Å². The molecule has 7 heteroatoms. The summed E-state index contributed by atoms with van der Waals surface area (Å²) in [7, 11) is 3.77. The normalized spacial score (nSPS) is 19.2. The van der Waals surface area contributed by atoms with Crippen LogP contribution < -0.4 is 9.75 Å². The molecule has 2 N–H and O–H groups in total. The third-order valence-corrected chi connectivity index (χ3v) is 6.38. The highest BCUT2D eigenvalue weighted by atomic mass is 16.5. The van der Waals surface area contributed by atoms with Crippen molar-refractivity contribution < 1.29 is 19.4 Å². The number of carboxylic acid groups (broad SMARTS) is 1. The fourth-order valence-electron chi connectivity index (χ4n) is 4.80. The van der Waals surface area contributed by atoms with Crippen LogP contribution in [0, 0.1) is 6.92 Å². The number of aromatic nitrogens is 1. The SMILES string of the molecule is CCO[C@@H]1CCN(N(C)c2c(OC)cc(C)c3[nH]ccc23)[C@H](c2ccc(C(=O)O)cc2)C1. The summed E-state index contributed by atoms with van der Waals surface area (Å²) in [6, 6.07) is 11.4. The standard InChI is InChI=1S/C25H31N3O4/c1-5-32-19-11-13-28(21(15-19)17-6-8-18(9-7-17)25(29)30)27(3)24-20-10-12-26-23(20)16(2)14-22(24)31-4/h6-10,12,14,19,21,26H,5,11,13,15H2,1-4H3,(H,29,30)/t19-,21+/m1/s1. The Morgan fingerprint density at radius 1 is 1.28 bits per heavy atom. The highest BCUT2D eigenvalue weighted by Crippen LogP contribution is 2.42. The van der Waals surface area contributed by atoms with E-state index in [1.807, 2.05) is 25.3 Å². The summed E-state index contributed by atoms with van der Waals surface area (Å²) in [4.78, 5) is 14.7. The van der Waals surface area contributed by atoms with Crippen LogP contribution in [0.5, 0.6) is 5.75 Å². The minimum atomic E-state index is -0.916. The monoisotopic (exact) mass is 437 g/mol. The molecule has 1 aliphatic heterocycles. The fourth-order valence-corrected chi connectivity index (χ4v) is 4.80. The molecule has 0 spiro atoms. The summed E-state index contributed by atoms with van der Waals surface area (Å²) in [5.74, 6) is -0.0930. The first-order valence-electron chi connectivity index (χ1n) is 11.0. The number of methoxy groups -OCH3 is 1. The zero-order valence-corrected chi connectivity index (χ0v) is 19.1. The quantitative estimate of drug-likeness (QED) is 0.554. The molecule has 1 aliphatic rings. The van der Waals surface area contributed by atoms with Gasteiger partial charge in [-0.2, -0.15) is 0 Å². The average Bonchev–Trinajstić information content (AvgIpc) is 3.29. The molecule has 1 fully saturated rings. The summed E-state index contributed by atoms with van der Waals surface area (Å²) in [6.07, 6.45) is 3.88. The summed E-state index contributed by atoms with van der Waals surface area (Å²) >= 11 is 0. The highest BCUT2D eigenvalue weighted by Gasteiger charge is 2.34. The van der Waals surface area contributed by atoms with E-state index in [-0.39, 0.29) is 12.1 Å². The van der Waals surface area contributed by atoms with Crippen LogP contribution in [0.2, 0.25) is 0 Å². The van der Waals surface area contributed by atoms with Crippen molar-refractivity contribution in [2.45, 2.75) is 38.8 Å². The number of carbonyl (C=O) groups is 1. The largest absolute Gasteiger partial charge is 0.494 e. The van der Waals surface area contributed by atoms with Gasteiger partial charge in [0.25, 0.3) is 0 Å². The summed E-state index contributed by atoms with van der Waals surface area (Å²) in [5.41, 5.74) is 4.60. The Morgan fingerprint density at radius 2 is 2.03 bits per heavy atom. The number of aromatic carboxylic acids is 1. The van der Waals surface area contributed by atoms with E-state index in [9.17, 15) is 9.90 Å². The van der Waals surface area contributed by atoms with Crippen LogP contribution in [-0.4, -0.2) is 54.5 Å². The Balaban J connectivity index is 1.75. The number of hydrazine groups is 1. The van der Waals surface area contributed by atoms with Gasteiger partial charge in [0.05, 0.1) is 30.3 Å². The van der Waals surface area contributed by atoms with Crippen LogP contribution in [0.1, 0.15) is 47.3 Å². The van der Waals surface area contributed by atoms with Gasteiger partial charge in [0.1, 0.15) is 11.4 Å². The average molecular weight is 438 g/mol. The van der Waals surface area contributed by atoms with Gasteiger partial charge in [-0.15, -0.1) is 0 Å². The van der Waals surface area contributed by atoms with E-state index in [0.29, 0.717) is 12.2 Å². The molecule has 2 heterocycles. The molecule has 0 unspecified atom stereocenters. The molecule has 1 saturated heterocycles. The number of H-pyrrole nitrogens is 1. The number of nitrogens with zero attached hydrogens (tertiary/aromatic N) is 2. The maximum Gasteiger partial charge on any atom is 0.335 e. The van der Waals surface area contributed by atoms with Gasteiger partial charge < -0.3 is 24.6 Å². The first kappa shape index (κ1) is 22.2. The number of benzene rings is 2. The fraction of sp³-hybridized carbons (Fsp3) is 0.400. The molecule has 4 rings (SSSR count). The Hall–Kier alpha value is -3.03. The van der Waals surface area contributed by atoms with Gasteiger partial charge in [0, 0.05) is 31.8 Å². The number of piperidine rings is 1. The van der Waals surface area contributed by atoms with Crippen molar-refractivity contribution in [1.82, 2.24) is 9.99 Å². The molecule has 0 aliphatic carbocycles. The van der Waals surface area contributed by atoms with Crippen molar-refractivity contribution in [3.63, 3.8) is 0 Å². The van der Waals surface area contributed by atoms with Gasteiger partial charge >= 0.3 is 5.97 Å². The van der Waals surface area contributed by atoms with E-state index in [1.54, 1.807) is 19.2 Å². The molecule has 32 heavy (non-hydrogen) atoms.